The number of hydrogen-bond acceptors (Lipinski definition) is 2. The molecule has 2 aromatic carbocycles. The van der Waals surface area contributed by atoms with E-state index in [1.54, 1.807) is 12.1 Å². The van der Waals surface area contributed by atoms with Crippen molar-refractivity contribution in [3.05, 3.63) is 64.2 Å². The molecule has 0 unspecified atom stereocenters. The lowest BCUT2D eigenvalue weighted by atomic mass is 9.69. The molecule has 1 spiro atoms. The summed E-state index contributed by atoms with van der Waals surface area (Å²) in [5.74, 6) is 0.393. The van der Waals surface area contributed by atoms with E-state index in [0.717, 1.165) is 48.1 Å². The minimum atomic E-state index is -0.219. The van der Waals surface area contributed by atoms with E-state index in [1.165, 1.54) is 0 Å². The molecule has 2 aliphatic rings. The molecular formula is C24H27ClN2O2. The van der Waals surface area contributed by atoms with Crippen LogP contribution < -0.4 is 5.32 Å². The summed E-state index contributed by atoms with van der Waals surface area (Å²) in [5.41, 5.74) is 3.67. The van der Waals surface area contributed by atoms with Gasteiger partial charge in [-0.2, -0.15) is 0 Å². The highest BCUT2D eigenvalue weighted by molar-refractivity contribution is 6.30. The topological polar surface area (TPSA) is 49.4 Å². The summed E-state index contributed by atoms with van der Waals surface area (Å²) in [4.78, 5) is 27.5. The number of halogens is 1. The fraction of sp³-hybridized carbons (Fsp3) is 0.417. The highest BCUT2D eigenvalue weighted by Crippen LogP contribution is 2.50. The molecule has 1 aliphatic heterocycles. The number of aryl methyl sites for hydroxylation is 1. The number of hydrogen-bond donors (Lipinski definition) is 1. The van der Waals surface area contributed by atoms with Gasteiger partial charge in [-0.25, -0.2) is 0 Å². The van der Waals surface area contributed by atoms with Crippen LogP contribution in [0.15, 0.2) is 42.5 Å². The van der Waals surface area contributed by atoms with Crippen LogP contribution in [0.5, 0.6) is 0 Å². The molecule has 2 aromatic rings. The van der Waals surface area contributed by atoms with Gasteiger partial charge in [0.1, 0.15) is 0 Å². The lowest BCUT2D eigenvalue weighted by Crippen LogP contribution is -2.45. The SMILES string of the molecule is Cc1ccc2c(c1)C(=O)N(C)[C@]21CC[C@@H]([C@H](C)C(=O)Nc2ccc(Cl)cc2)CC1. The molecule has 29 heavy (non-hydrogen) atoms. The Balaban J connectivity index is 1.46. The number of carbonyl (C=O) groups excluding carboxylic acids is 2. The number of carbonyl (C=O) groups is 2. The number of fused-ring (bicyclic) bond motifs is 2. The van der Waals surface area contributed by atoms with Gasteiger partial charge in [0.2, 0.25) is 5.91 Å². The van der Waals surface area contributed by atoms with Crippen LogP contribution in [0.2, 0.25) is 5.02 Å². The fourth-order valence-corrected chi connectivity index (χ4v) is 5.15. The molecule has 1 aliphatic carbocycles. The summed E-state index contributed by atoms with van der Waals surface area (Å²) >= 11 is 5.92. The van der Waals surface area contributed by atoms with Crippen molar-refractivity contribution in [2.75, 3.05) is 12.4 Å². The second-order valence-electron chi connectivity index (χ2n) is 8.57. The van der Waals surface area contributed by atoms with Crippen LogP contribution in [0.3, 0.4) is 0 Å². The van der Waals surface area contributed by atoms with Crippen molar-refractivity contribution >= 4 is 29.1 Å². The van der Waals surface area contributed by atoms with E-state index in [4.69, 9.17) is 11.6 Å². The zero-order valence-corrected chi connectivity index (χ0v) is 17.9. The molecule has 1 fully saturated rings. The van der Waals surface area contributed by atoms with E-state index in [9.17, 15) is 9.59 Å². The second kappa shape index (κ2) is 7.49. The summed E-state index contributed by atoms with van der Waals surface area (Å²) in [7, 11) is 1.93. The molecule has 1 heterocycles. The maximum atomic E-state index is 12.8. The number of nitrogens with one attached hydrogen (secondary N) is 1. The number of amides is 2. The van der Waals surface area contributed by atoms with Crippen LogP contribution in [-0.4, -0.2) is 23.8 Å². The molecule has 1 N–H and O–H groups in total. The van der Waals surface area contributed by atoms with Crippen LogP contribution in [0.1, 0.15) is 54.1 Å². The number of rotatable bonds is 3. The summed E-state index contributed by atoms with van der Waals surface area (Å²) in [6.07, 6.45) is 3.66. The molecule has 5 heteroatoms. The molecule has 4 rings (SSSR count). The largest absolute Gasteiger partial charge is 0.332 e. The zero-order valence-electron chi connectivity index (χ0n) is 17.2. The van der Waals surface area contributed by atoms with Crippen molar-refractivity contribution in [1.82, 2.24) is 4.90 Å². The Morgan fingerprint density at radius 1 is 1.17 bits per heavy atom. The van der Waals surface area contributed by atoms with Crippen molar-refractivity contribution in [3.63, 3.8) is 0 Å². The first-order valence-electron chi connectivity index (χ1n) is 10.3. The highest BCUT2D eigenvalue weighted by Gasteiger charge is 2.50. The third-order valence-corrected chi connectivity index (χ3v) is 7.20. The van der Waals surface area contributed by atoms with Gasteiger partial charge in [0.15, 0.2) is 0 Å². The average molecular weight is 411 g/mol. The lowest BCUT2D eigenvalue weighted by Gasteiger charge is -2.43. The Kier molecular flexibility index (Phi) is 5.16. The molecule has 0 aromatic heterocycles. The first kappa shape index (κ1) is 20.0. The van der Waals surface area contributed by atoms with Gasteiger partial charge in [-0.15, -0.1) is 0 Å². The maximum Gasteiger partial charge on any atom is 0.254 e. The summed E-state index contributed by atoms with van der Waals surface area (Å²) < 4.78 is 0. The Bertz CT molecular complexity index is 946. The lowest BCUT2D eigenvalue weighted by molar-refractivity contribution is -0.121. The van der Waals surface area contributed by atoms with E-state index < -0.39 is 0 Å². The highest BCUT2D eigenvalue weighted by atomic mass is 35.5. The monoisotopic (exact) mass is 410 g/mol. The molecule has 2 amide bonds. The second-order valence-corrected chi connectivity index (χ2v) is 9.00. The zero-order chi connectivity index (χ0) is 20.8. The molecule has 0 radical (unpaired) electrons. The minimum Gasteiger partial charge on any atom is -0.332 e. The van der Waals surface area contributed by atoms with Gasteiger partial charge in [0, 0.05) is 29.2 Å². The Morgan fingerprint density at radius 2 is 1.83 bits per heavy atom. The molecular weight excluding hydrogens is 384 g/mol. The van der Waals surface area contributed by atoms with Crippen molar-refractivity contribution in [2.45, 2.75) is 45.1 Å². The van der Waals surface area contributed by atoms with Gasteiger partial charge in [-0.1, -0.05) is 36.2 Å². The van der Waals surface area contributed by atoms with Crippen LogP contribution in [0.25, 0.3) is 0 Å². The molecule has 0 saturated heterocycles. The number of nitrogens with zero attached hydrogens (tertiary/aromatic N) is 1. The van der Waals surface area contributed by atoms with Gasteiger partial charge in [-0.3, -0.25) is 9.59 Å². The van der Waals surface area contributed by atoms with Gasteiger partial charge in [0.25, 0.3) is 5.91 Å². The predicted molar refractivity (Wildman–Crippen MR) is 116 cm³/mol. The Labute approximate surface area is 177 Å². The standard InChI is InChI=1S/C24H27ClN2O2/c1-15-4-9-21-20(14-15)23(29)27(3)24(21)12-10-17(11-13-24)16(2)22(28)26-19-7-5-18(25)6-8-19/h4-9,14,16-17H,10-13H2,1-3H3,(H,26,28)/t16-,17-,24+/m0/s1. The normalized spacial score (nSPS) is 24.5. The van der Waals surface area contributed by atoms with Crippen LogP contribution >= 0.6 is 11.6 Å². The fourth-order valence-electron chi connectivity index (χ4n) is 5.02. The minimum absolute atomic E-state index is 0.0418. The maximum absolute atomic E-state index is 12.8. The van der Waals surface area contributed by atoms with Gasteiger partial charge < -0.3 is 10.2 Å². The third-order valence-electron chi connectivity index (χ3n) is 6.94. The van der Waals surface area contributed by atoms with Gasteiger partial charge in [-0.05, 0) is 74.4 Å². The molecule has 152 valence electrons. The van der Waals surface area contributed by atoms with Crippen LogP contribution in [0.4, 0.5) is 5.69 Å². The van der Waals surface area contributed by atoms with E-state index >= 15 is 0 Å². The van der Waals surface area contributed by atoms with E-state index in [-0.39, 0.29) is 23.3 Å². The van der Waals surface area contributed by atoms with Crippen LogP contribution in [0, 0.1) is 18.8 Å². The van der Waals surface area contributed by atoms with Gasteiger partial charge in [0.05, 0.1) is 5.54 Å². The van der Waals surface area contributed by atoms with Crippen molar-refractivity contribution < 1.29 is 9.59 Å². The summed E-state index contributed by atoms with van der Waals surface area (Å²) in [5, 5.41) is 3.65. The third kappa shape index (κ3) is 3.44. The van der Waals surface area contributed by atoms with Crippen molar-refractivity contribution in [1.29, 1.82) is 0 Å². The summed E-state index contributed by atoms with van der Waals surface area (Å²) in [6, 6.07) is 13.4. The Hall–Kier alpha value is -2.33. The van der Waals surface area contributed by atoms with E-state index in [1.807, 2.05) is 44.0 Å². The van der Waals surface area contributed by atoms with Crippen molar-refractivity contribution in [3.8, 4) is 0 Å². The quantitative estimate of drug-likeness (QED) is 0.736. The van der Waals surface area contributed by atoms with Gasteiger partial charge >= 0.3 is 0 Å². The van der Waals surface area contributed by atoms with Crippen LogP contribution in [-0.2, 0) is 10.3 Å². The average Bonchev–Trinajstić information content (AvgIpc) is 2.91. The Morgan fingerprint density at radius 3 is 2.48 bits per heavy atom. The number of anilines is 1. The number of benzene rings is 2. The first-order chi connectivity index (χ1) is 13.8. The van der Waals surface area contributed by atoms with E-state index in [2.05, 4.69) is 17.4 Å². The molecule has 0 bridgehead atoms. The summed E-state index contributed by atoms with van der Waals surface area (Å²) in [6.45, 7) is 4.03. The first-order valence-corrected chi connectivity index (χ1v) is 10.7. The van der Waals surface area contributed by atoms with Crippen molar-refractivity contribution in [2.24, 2.45) is 11.8 Å². The smallest absolute Gasteiger partial charge is 0.254 e. The molecule has 1 saturated carbocycles. The predicted octanol–water partition coefficient (Wildman–Crippen LogP) is 5.39. The molecule has 1 atom stereocenters. The van der Waals surface area contributed by atoms with E-state index in [0.29, 0.717) is 10.9 Å². The molecule has 4 nitrogen and oxygen atoms in total.